The molecule has 0 aliphatic carbocycles. The van der Waals surface area contributed by atoms with Gasteiger partial charge in [-0.1, -0.05) is 13.3 Å². The van der Waals surface area contributed by atoms with E-state index in [4.69, 9.17) is 9.52 Å². The molecule has 1 aromatic heterocycles. The monoisotopic (exact) mass is 308 g/mol. The summed E-state index contributed by atoms with van der Waals surface area (Å²) in [7, 11) is 0. The van der Waals surface area contributed by atoms with Gasteiger partial charge in [-0.3, -0.25) is 14.5 Å². The molecule has 6 nitrogen and oxygen atoms in total. The number of rotatable bonds is 6. The van der Waals surface area contributed by atoms with Gasteiger partial charge in [0.05, 0.1) is 6.54 Å². The van der Waals surface area contributed by atoms with E-state index in [1.165, 1.54) is 26.2 Å². The number of nitrogens with zero attached hydrogens (tertiary/aromatic N) is 1. The third-order valence-corrected chi connectivity index (χ3v) is 4.18. The number of carbonyl (C=O) groups excluding carboxylic acids is 1. The standard InChI is InChI=1S/C16H24N2O4/c1-3-12-6-4-5-9-18(12)10-13-7-8-14(22-13)15(19)17-11(2)16(20)21/h7-8,11-12H,3-6,9-10H2,1-2H3,(H,17,19)(H,20,21). The van der Waals surface area contributed by atoms with E-state index in [1.807, 2.05) is 0 Å². The van der Waals surface area contributed by atoms with Crippen molar-refractivity contribution in [2.75, 3.05) is 6.54 Å². The van der Waals surface area contributed by atoms with Crippen molar-refractivity contribution in [3.05, 3.63) is 23.7 Å². The maximum absolute atomic E-state index is 11.9. The Balaban J connectivity index is 1.96. The van der Waals surface area contributed by atoms with Gasteiger partial charge in [-0.25, -0.2) is 0 Å². The molecule has 1 aliphatic heterocycles. The van der Waals surface area contributed by atoms with Crippen molar-refractivity contribution < 1.29 is 19.1 Å². The van der Waals surface area contributed by atoms with Gasteiger partial charge in [-0.2, -0.15) is 0 Å². The summed E-state index contributed by atoms with van der Waals surface area (Å²) in [5.74, 6) is -0.660. The fourth-order valence-corrected chi connectivity index (χ4v) is 2.85. The third kappa shape index (κ3) is 4.10. The van der Waals surface area contributed by atoms with Gasteiger partial charge in [0.2, 0.25) is 0 Å². The lowest BCUT2D eigenvalue weighted by Gasteiger charge is -2.34. The number of furan rings is 1. The Hall–Kier alpha value is -1.82. The van der Waals surface area contributed by atoms with Gasteiger partial charge in [0.1, 0.15) is 11.8 Å². The molecule has 2 rings (SSSR count). The van der Waals surface area contributed by atoms with Crippen LogP contribution in [0.15, 0.2) is 16.5 Å². The molecule has 0 aromatic carbocycles. The smallest absolute Gasteiger partial charge is 0.325 e. The molecule has 1 aliphatic rings. The normalized spacial score (nSPS) is 20.5. The van der Waals surface area contributed by atoms with Crippen LogP contribution in [0.1, 0.15) is 55.8 Å². The SMILES string of the molecule is CCC1CCCCN1Cc1ccc(C(=O)NC(C)C(=O)O)o1. The van der Waals surface area contributed by atoms with Gasteiger partial charge in [0.15, 0.2) is 5.76 Å². The lowest BCUT2D eigenvalue weighted by molar-refractivity contribution is -0.138. The van der Waals surface area contributed by atoms with E-state index in [9.17, 15) is 9.59 Å². The number of amides is 1. The molecular weight excluding hydrogens is 284 g/mol. The number of piperidine rings is 1. The van der Waals surface area contributed by atoms with Crippen LogP contribution in [0.5, 0.6) is 0 Å². The van der Waals surface area contributed by atoms with Crippen molar-refractivity contribution in [3.63, 3.8) is 0 Å². The minimum atomic E-state index is -1.07. The maximum atomic E-state index is 11.9. The van der Waals surface area contributed by atoms with Gasteiger partial charge in [0.25, 0.3) is 5.91 Å². The number of likely N-dealkylation sites (tertiary alicyclic amines) is 1. The van der Waals surface area contributed by atoms with Crippen molar-refractivity contribution in [1.29, 1.82) is 0 Å². The fourth-order valence-electron chi connectivity index (χ4n) is 2.85. The predicted octanol–water partition coefficient (Wildman–Crippen LogP) is 2.25. The first-order valence-corrected chi connectivity index (χ1v) is 7.87. The van der Waals surface area contributed by atoms with E-state index in [-0.39, 0.29) is 5.76 Å². The molecule has 6 heteroatoms. The zero-order valence-corrected chi connectivity index (χ0v) is 13.2. The molecule has 1 saturated heterocycles. The first-order chi connectivity index (χ1) is 10.5. The zero-order valence-electron chi connectivity index (χ0n) is 13.2. The molecule has 2 unspecified atom stereocenters. The van der Waals surface area contributed by atoms with Crippen LogP contribution >= 0.6 is 0 Å². The minimum Gasteiger partial charge on any atom is -0.480 e. The van der Waals surface area contributed by atoms with E-state index in [1.54, 1.807) is 12.1 Å². The topological polar surface area (TPSA) is 82.8 Å². The highest BCUT2D eigenvalue weighted by molar-refractivity contribution is 5.94. The maximum Gasteiger partial charge on any atom is 0.325 e. The lowest BCUT2D eigenvalue weighted by atomic mass is 10.00. The summed E-state index contributed by atoms with van der Waals surface area (Å²) >= 11 is 0. The summed E-state index contributed by atoms with van der Waals surface area (Å²) in [5, 5.41) is 11.2. The Kier molecular flexibility index (Phi) is 5.60. The molecular formula is C16H24N2O4. The molecule has 0 radical (unpaired) electrons. The molecule has 0 bridgehead atoms. The van der Waals surface area contributed by atoms with Crippen LogP contribution in [0.2, 0.25) is 0 Å². The fraction of sp³-hybridized carbons (Fsp3) is 0.625. The molecule has 1 aromatic rings. The number of carboxylic acids is 1. The molecule has 122 valence electrons. The highest BCUT2D eigenvalue weighted by Crippen LogP contribution is 2.22. The number of hydrogen-bond donors (Lipinski definition) is 2. The van der Waals surface area contributed by atoms with Crippen molar-refractivity contribution in [3.8, 4) is 0 Å². The third-order valence-electron chi connectivity index (χ3n) is 4.18. The molecule has 1 amide bonds. The van der Waals surface area contributed by atoms with Crippen LogP contribution in [0.3, 0.4) is 0 Å². The molecule has 22 heavy (non-hydrogen) atoms. The van der Waals surface area contributed by atoms with Crippen LogP contribution in [-0.4, -0.2) is 40.5 Å². The van der Waals surface area contributed by atoms with Crippen LogP contribution in [0.25, 0.3) is 0 Å². The Morgan fingerprint density at radius 2 is 2.23 bits per heavy atom. The Labute approximate surface area is 130 Å². The van der Waals surface area contributed by atoms with Crippen molar-refractivity contribution in [2.45, 2.75) is 58.2 Å². The van der Waals surface area contributed by atoms with Gasteiger partial charge in [-0.15, -0.1) is 0 Å². The highest BCUT2D eigenvalue weighted by Gasteiger charge is 2.23. The van der Waals surface area contributed by atoms with Gasteiger partial charge >= 0.3 is 5.97 Å². The van der Waals surface area contributed by atoms with E-state index in [0.717, 1.165) is 18.7 Å². The van der Waals surface area contributed by atoms with Crippen molar-refractivity contribution in [1.82, 2.24) is 10.2 Å². The summed E-state index contributed by atoms with van der Waals surface area (Å²) in [4.78, 5) is 25.0. The minimum absolute atomic E-state index is 0.160. The number of carboxylic acid groups (broad SMARTS) is 1. The second kappa shape index (κ2) is 7.45. The molecule has 2 heterocycles. The van der Waals surface area contributed by atoms with Crippen LogP contribution in [0, 0.1) is 0 Å². The van der Waals surface area contributed by atoms with E-state index >= 15 is 0 Å². The first-order valence-electron chi connectivity index (χ1n) is 7.87. The number of carbonyl (C=O) groups is 2. The average Bonchev–Trinajstić information content (AvgIpc) is 2.96. The molecule has 1 fully saturated rings. The quantitative estimate of drug-likeness (QED) is 0.842. The van der Waals surface area contributed by atoms with Crippen LogP contribution < -0.4 is 5.32 Å². The van der Waals surface area contributed by atoms with Crippen LogP contribution in [-0.2, 0) is 11.3 Å². The first kappa shape index (κ1) is 16.5. The highest BCUT2D eigenvalue weighted by atomic mass is 16.4. The number of aliphatic carboxylic acids is 1. The lowest BCUT2D eigenvalue weighted by Crippen LogP contribution is -2.38. The summed E-state index contributed by atoms with van der Waals surface area (Å²) in [5.41, 5.74) is 0. The molecule has 0 saturated carbocycles. The van der Waals surface area contributed by atoms with Crippen LogP contribution in [0.4, 0.5) is 0 Å². The van der Waals surface area contributed by atoms with Crippen molar-refractivity contribution in [2.24, 2.45) is 0 Å². The summed E-state index contributed by atoms with van der Waals surface area (Å²) < 4.78 is 5.57. The van der Waals surface area contributed by atoms with Gasteiger partial charge in [-0.05, 0) is 44.9 Å². The summed E-state index contributed by atoms with van der Waals surface area (Å²) in [6.07, 6.45) is 4.79. The largest absolute Gasteiger partial charge is 0.480 e. The summed E-state index contributed by atoms with van der Waals surface area (Å²) in [6, 6.07) is 3.03. The van der Waals surface area contributed by atoms with Gasteiger partial charge < -0.3 is 14.8 Å². The van der Waals surface area contributed by atoms with E-state index in [0.29, 0.717) is 12.6 Å². The van der Waals surface area contributed by atoms with Crippen molar-refractivity contribution >= 4 is 11.9 Å². The predicted molar refractivity (Wildman–Crippen MR) is 81.6 cm³/mol. The number of hydrogen-bond acceptors (Lipinski definition) is 4. The molecule has 2 atom stereocenters. The number of nitrogens with one attached hydrogen (secondary N) is 1. The molecule has 0 spiro atoms. The Morgan fingerprint density at radius 1 is 1.45 bits per heavy atom. The Bertz CT molecular complexity index is 526. The zero-order chi connectivity index (χ0) is 16.1. The average molecular weight is 308 g/mol. The van der Waals surface area contributed by atoms with E-state index < -0.39 is 17.9 Å². The second-order valence-electron chi connectivity index (χ2n) is 5.83. The van der Waals surface area contributed by atoms with Gasteiger partial charge in [0, 0.05) is 6.04 Å². The Morgan fingerprint density at radius 3 is 2.91 bits per heavy atom. The second-order valence-corrected chi connectivity index (χ2v) is 5.83. The van der Waals surface area contributed by atoms with E-state index in [2.05, 4.69) is 17.1 Å². The summed E-state index contributed by atoms with van der Waals surface area (Å²) in [6.45, 7) is 5.36. The molecule has 2 N–H and O–H groups in total.